The topological polar surface area (TPSA) is 45.2 Å². The minimum Gasteiger partial charge on any atom is -0.349 e. The summed E-state index contributed by atoms with van der Waals surface area (Å²) in [4.78, 5) is 17.5. The molecule has 0 aliphatic heterocycles. The van der Waals surface area contributed by atoms with Gasteiger partial charge in [0.05, 0.1) is 0 Å². The number of rotatable bonds is 4. The van der Waals surface area contributed by atoms with Crippen LogP contribution in [-0.2, 0) is 0 Å². The summed E-state index contributed by atoms with van der Waals surface area (Å²) in [5.41, 5.74) is 0.442. The van der Waals surface area contributed by atoms with Gasteiger partial charge in [0, 0.05) is 23.8 Å². The van der Waals surface area contributed by atoms with E-state index in [4.69, 9.17) is 0 Å². The maximum atomic E-state index is 11.5. The first-order chi connectivity index (χ1) is 7.09. The molecule has 0 aliphatic rings. The van der Waals surface area contributed by atoms with Gasteiger partial charge in [-0.05, 0) is 42.2 Å². The second kappa shape index (κ2) is 5.82. The van der Waals surface area contributed by atoms with Crippen LogP contribution in [0.15, 0.2) is 22.8 Å². The van der Waals surface area contributed by atoms with Gasteiger partial charge < -0.3 is 10.2 Å². The van der Waals surface area contributed by atoms with Crippen LogP contribution in [0, 0.1) is 0 Å². The van der Waals surface area contributed by atoms with Gasteiger partial charge in [-0.1, -0.05) is 0 Å². The van der Waals surface area contributed by atoms with Crippen LogP contribution in [0.4, 0.5) is 0 Å². The molecule has 1 N–H and O–H groups in total. The zero-order valence-electron chi connectivity index (χ0n) is 8.83. The Morgan fingerprint density at radius 1 is 1.53 bits per heavy atom. The number of nitrogens with one attached hydrogen (secondary N) is 1. The number of aromatic nitrogens is 1. The maximum Gasteiger partial charge on any atom is 0.269 e. The SMILES string of the molecule is CN(C)CCNC(=O)c1ccc(Br)cn1. The van der Waals surface area contributed by atoms with E-state index < -0.39 is 0 Å². The van der Waals surface area contributed by atoms with Crippen molar-refractivity contribution in [3.05, 3.63) is 28.5 Å². The Morgan fingerprint density at radius 3 is 2.80 bits per heavy atom. The highest BCUT2D eigenvalue weighted by Crippen LogP contribution is 2.06. The van der Waals surface area contributed by atoms with E-state index in [0.29, 0.717) is 12.2 Å². The molecular formula is C10H14BrN3O. The van der Waals surface area contributed by atoms with E-state index in [2.05, 4.69) is 26.2 Å². The molecule has 1 amide bonds. The van der Waals surface area contributed by atoms with E-state index in [0.717, 1.165) is 11.0 Å². The summed E-state index contributed by atoms with van der Waals surface area (Å²) in [7, 11) is 3.92. The van der Waals surface area contributed by atoms with Crippen molar-refractivity contribution in [3.63, 3.8) is 0 Å². The van der Waals surface area contributed by atoms with E-state index in [-0.39, 0.29) is 5.91 Å². The fourth-order valence-electron chi connectivity index (χ4n) is 0.994. The fourth-order valence-corrected chi connectivity index (χ4v) is 1.23. The lowest BCUT2D eigenvalue weighted by Crippen LogP contribution is -2.31. The normalized spacial score (nSPS) is 10.4. The molecule has 0 aliphatic carbocycles. The molecule has 0 spiro atoms. The summed E-state index contributed by atoms with van der Waals surface area (Å²) in [5.74, 6) is -0.135. The molecule has 0 unspecified atom stereocenters. The largest absolute Gasteiger partial charge is 0.349 e. The molecule has 0 saturated heterocycles. The Labute approximate surface area is 97.8 Å². The maximum absolute atomic E-state index is 11.5. The van der Waals surface area contributed by atoms with E-state index in [1.165, 1.54) is 0 Å². The third-order valence-electron chi connectivity index (χ3n) is 1.80. The number of pyridine rings is 1. The second-order valence-corrected chi connectivity index (χ2v) is 4.34. The van der Waals surface area contributed by atoms with Crippen molar-refractivity contribution < 1.29 is 4.79 Å². The minimum absolute atomic E-state index is 0.135. The third-order valence-corrected chi connectivity index (χ3v) is 2.27. The highest BCUT2D eigenvalue weighted by molar-refractivity contribution is 9.10. The second-order valence-electron chi connectivity index (χ2n) is 3.42. The third kappa shape index (κ3) is 4.40. The van der Waals surface area contributed by atoms with Gasteiger partial charge in [0.15, 0.2) is 0 Å². The molecule has 0 aromatic carbocycles. The van der Waals surface area contributed by atoms with E-state index in [1.54, 1.807) is 18.3 Å². The lowest BCUT2D eigenvalue weighted by Gasteiger charge is -2.09. The number of hydrogen-bond donors (Lipinski definition) is 1. The number of nitrogens with zero attached hydrogens (tertiary/aromatic N) is 2. The average Bonchev–Trinajstić information content (AvgIpc) is 2.18. The van der Waals surface area contributed by atoms with E-state index >= 15 is 0 Å². The monoisotopic (exact) mass is 271 g/mol. The zero-order valence-corrected chi connectivity index (χ0v) is 10.4. The quantitative estimate of drug-likeness (QED) is 0.893. The highest BCUT2D eigenvalue weighted by atomic mass is 79.9. The number of amides is 1. The Bertz CT molecular complexity index is 324. The summed E-state index contributed by atoms with van der Waals surface area (Å²) >= 11 is 3.27. The van der Waals surface area contributed by atoms with Crippen molar-refractivity contribution in [2.45, 2.75) is 0 Å². The minimum atomic E-state index is -0.135. The molecule has 0 fully saturated rings. The summed E-state index contributed by atoms with van der Waals surface area (Å²) < 4.78 is 0.868. The standard InChI is InChI=1S/C10H14BrN3O/c1-14(2)6-5-12-10(15)9-4-3-8(11)7-13-9/h3-4,7H,5-6H2,1-2H3,(H,12,15). The highest BCUT2D eigenvalue weighted by Gasteiger charge is 2.05. The molecule has 1 rings (SSSR count). The van der Waals surface area contributed by atoms with Crippen molar-refractivity contribution in [1.82, 2.24) is 15.2 Å². The fraction of sp³-hybridized carbons (Fsp3) is 0.400. The number of hydrogen-bond acceptors (Lipinski definition) is 3. The van der Waals surface area contributed by atoms with Crippen molar-refractivity contribution in [1.29, 1.82) is 0 Å². The van der Waals surface area contributed by atoms with Crippen LogP contribution in [0.3, 0.4) is 0 Å². The molecule has 5 heteroatoms. The van der Waals surface area contributed by atoms with Crippen LogP contribution < -0.4 is 5.32 Å². The Kier molecular flexibility index (Phi) is 4.71. The summed E-state index contributed by atoms with van der Waals surface area (Å²) in [6.45, 7) is 1.45. The molecular weight excluding hydrogens is 258 g/mol. The predicted octanol–water partition coefficient (Wildman–Crippen LogP) is 1.14. The van der Waals surface area contributed by atoms with Crippen LogP contribution >= 0.6 is 15.9 Å². The van der Waals surface area contributed by atoms with E-state index in [1.807, 2.05) is 19.0 Å². The van der Waals surface area contributed by atoms with Crippen molar-refractivity contribution >= 4 is 21.8 Å². The van der Waals surface area contributed by atoms with Gasteiger partial charge in [0.25, 0.3) is 5.91 Å². The molecule has 1 aromatic heterocycles. The molecule has 0 saturated carbocycles. The van der Waals surface area contributed by atoms with Gasteiger partial charge in [-0.3, -0.25) is 4.79 Å². The summed E-state index contributed by atoms with van der Waals surface area (Å²) in [6, 6.07) is 3.49. The van der Waals surface area contributed by atoms with Crippen LogP contribution in [0.5, 0.6) is 0 Å². The number of halogens is 1. The number of carbonyl (C=O) groups excluding carboxylic acids is 1. The van der Waals surface area contributed by atoms with Crippen LogP contribution in [0.25, 0.3) is 0 Å². The first-order valence-corrected chi connectivity index (χ1v) is 5.43. The first kappa shape index (κ1) is 12.1. The molecule has 0 bridgehead atoms. The zero-order chi connectivity index (χ0) is 11.3. The molecule has 4 nitrogen and oxygen atoms in total. The predicted molar refractivity (Wildman–Crippen MR) is 62.8 cm³/mol. The van der Waals surface area contributed by atoms with Crippen LogP contribution in [-0.4, -0.2) is 43.0 Å². The first-order valence-electron chi connectivity index (χ1n) is 4.64. The smallest absolute Gasteiger partial charge is 0.269 e. The lowest BCUT2D eigenvalue weighted by molar-refractivity contribution is 0.0946. The molecule has 1 heterocycles. The van der Waals surface area contributed by atoms with Crippen LogP contribution in [0.2, 0.25) is 0 Å². The van der Waals surface area contributed by atoms with Gasteiger partial charge in [0.1, 0.15) is 5.69 Å². The average molecular weight is 272 g/mol. The summed E-state index contributed by atoms with van der Waals surface area (Å²) in [6.07, 6.45) is 1.61. The summed E-state index contributed by atoms with van der Waals surface area (Å²) in [5, 5.41) is 2.79. The lowest BCUT2D eigenvalue weighted by atomic mass is 10.3. The van der Waals surface area contributed by atoms with Gasteiger partial charge >= 0.3 is 0 Å². The molecule has 0 radical (unpaired) electrons. The Morgan fingerprint density at radius 2 is 2.27 bits per heavy atom. The van der Waals surface area contributed by atoms with E-state index in [9.17, 15) is 4.79 Å². The van der Waals surface area contributed by atoms with Gasteiger partial charge in [-0.2, -0.15) is 0 Å². The number of likely N-dealkylation sites (N-methyl/N-ethyl adjacent to an activating group) is 1. The molecule has 82 valence electrons. The van der Waals surface area contributed by atoms with Crippen molar-refractivity contribution in [3.8, 4) is 0 Å². The number of carbonyl (C=O) groups is 1. The Balaban J connectivity index is 2.43. The van der Waals surface area contributed by atoms with Gasteiger partial charge in [-0.15, -0.1) is 0 Å². The molecule has 1 aromatic rings. The van der Waals surface area contributed by atoms with Crippen LogP contribution in [0.1, 0.15) is 10.5 Å². The molecule has 15 heavy (non-hydrogen) atoms. The van der Waals surface area contributed by atoms with Gasteiger partial charge in [-0.25, -0.2) is 4.98 Å². The van der Waals surface area contributed by atoms with Crippen molar-refractivity contribution in [2.24, 2.45) is 0 Å². The van der Waals surface area contributed by atoms with Crippen molar-refractivity contribution in [2.75, 3.05) is 27.2 Å². The van der Waals surface area contributed by atoms with Gasteiger partial charge in [0.2, 0.25) is 0 Å². The molecule has 0 atom stereocenters. The Hall–Kier alpha value is -0.940.